The highest BCUT2D eigenvalue weighted by Crippen LogP contribution is 2.21. The zero-order valence-electron chi connectivity index (χ0n) is 16.4. The van der Waals surface area contributed by atoms with E-state index in [1.54, 1.807) is 12.3 Å². The first-order valence-corrected chi connectivity index (χ1v) is 10.1. The second kappa shape index (κ2) is 8.27. The van der Waals surface area contributed by atoms with Crippen LogP contribution in [0.15, 0.2) is 35.3 Å². The number of ether oxygens (including phenoxy) is 1. The van der Waals surface area contributed by atoms with E-state index in [1.807, 2.05) is 34.6 Å². The van der Waals surface area contributed by atoms with Gasteiger partial charge in [-0.05, 0) is 49.8 Å². The Balaban J connectivity index is 1.53. The van der Waals surface area contributed by atoms with Gasteiger partial charge in [0.05, 0.1) is 5.56 Å². The lowest BCUT2D eigenvalue weighted by Gasteiger charge is -2.25. The van der Waals surface area contributed by atoms with Crippen molar-refractivity contribution in [3.8, 4) is 0 Å². The third-order valence-corrected chi connectivity index (χ3v) is 5.89. The molecule has 0 bridgehead atoms. The number of aryl methyl sites for hydroxylation is 1. The number of pyridine rings is 2. The van der Waals surface area contributed by atoms with Gasteiger partial charge in [-0.1, -0.05) is 6.07 Å². The molecule has 2 aromatic heterocycles. The monoisotopic (exact) mass is 381 g/mol. The smallest absolute Gasteiger partial charge is 0.255 e. The standard InChI is InChI=1S/C22H27N3O3/c1-16-2-3-19(14-23-16)22(27)24-10-6-18-4-5-21(26)25(20(18)7-11-24)15-17-8-12-28-13-9-17/h2-5,14,17H,6-13,15H2,1H3. The molecular formula is C22H27N3O3. The first-order chi connectivity index (χ1) is 13.6. The van der Waals surface area contributed by atoms with Crippen molar-refractivity contribution < 1.29 is 9.53 Å². The van der Waals surface area contributed by atoms with Gasteiger partial charge < -0.3 is 14.2 Å². The van der Waals surface area contributed by atoms with Crippen molar-refractivity contribution in [2.75, 3.05) is 26.3 Å². The molecule has 2 aliphatic heterocycles. The maximum absolute atomic E-state index is 12.9. The third kappa shape index (κ3) is 4.02. The van der Waals surface area contributed by atoms with Crippen LogP contribution in [0.5, 0.6) is 0 Å². The van der Waals surface area contributed by atoms with E-state index in [9.17, 15) is 9.59 Å². The Morgan fingerprint density at radius 2 is 1.93 bits per heavy atom. The molecule has 0 atom stereocenters. The fourth-order valence-corrected chi connectivity index (χ4v) is 4.16. The maximum atomic E-state index is 12.9. The van der Waals surface area contributed by atoms with Crippen molar-refractivity contribution in [3.05, 3.63) is 63.3 Å². The summed E-state index contributed by atoms with van der Waals surface area (Å²) in [5.41, 5.74) is 3.86. The predicted octanol–water partition coefficient (Wildman–Crippen LogP) is 2.22. The molecule has 148 valence electrons. The summed E-state index contributed by atoms with van der Waals surface area (Å²) >= 11 is 0. The molecule has 1 amide bonds. The van der Waals surface area contributed by atoms with Crippen molar-refractivity contribution >= 4 is 5.91 Å². The molecule has 0 spiro atoms. The summed E-state index contributed by atoms with van der Waals surface area (Å²) in [6, 6.07) is 7.33. The number of aromatic nitrogens is 2. The van der Waals surface area contributed by atoms with Crippen LogP contribution in [0.1, 0.15) is 40.2 Å². The van der Waals surface area contributed by atoms with Gasteiger partial charge in [0.25, 0.3) is 11.5 Å². The van der Waals surface area contributed by atoms with Crippen molar-refractivity contribution in [1.82, 2.24) is 14.5 Å². The molecular weight excluding hydrogens is 354 g/mol. The largest absolute Gasteiger partial charge is 0.381 e. The molecule has 28 heavy (non-hydrogen) atoms. The minimum absolute atomic E-state index is 0.0126. The van der Waals surface area contributed by atoms with Crippen LogP contribution >= 0.6 is 0 Å². The molecule has 1 fully saturated rings. The van der Waals surface area contributed by atoms with Crippen molar-refractivity contribution in [1.29, 1.82) is 0 Å². The highest BCUT2D eigenvalue weighted by molar-refractivity contribution is 5.94. The van der Waals surface area contributed by atoms with E-state index < -0.39 is 0 Å². The van der Waals surface area contributed by atoms with E-state index in [1.165, 1.54) is 5.56 Å². The second-order valence-electron chi connectivity index (χ2n) is 7.79. The maximum Gasteiger partial charge on any atom is 0.255 e. The Kier molecular flexibility index (Phi) is 5.57. The number of carbonyl (C=O) groups excluding carboxylic acids is 1. The van der Waals surface area contributed by atoms with Crippen molar-refractivity contribution in [3.63, 3.8) is 0 Å². The Hall–Kier alpha value is -2.47. The lowest BCUT2D eigenvalue weighted by Crippen LogP contribution is -2.34. The minimum Gasteiger partial charge on any atom is -0.381 e. The van der Waals surface area contributed by atoms with E-state index in [2.05, 4.69) is 4.98 Å². The molecule has 4 heterocycles. The fraction of sp³-hybridized carbons (Fsp3) is 0.500. The van der Waals surface area contributed by atoms with Gasteiger partial charge in [0.1, 0.15) is 0 Å². The number of hydrogen-bond acceptors (Lipinski definition) is 4. The van der Waals surface area contributed by atoms with Gasteiger partial charge in [-0.3, -0.25) is 14.6 Å². The minimum atomic E-state index is 0.0126. The van der Waals surface area contributed by atoms with Crippen LogP contribution in [-0.4, -0.2) is 46.7 Å². The molecule has 2 aromatic rings. The number of fused-ring (bicyclic) bond motifs is 1. The molecule has 0 aromatic carbocycles. The summed E-state index contributed by atoms with van der Waals surface area (Å²) in [6.07, 6.45) is 5.13. The molecule has 2 aliphatic rings. The molecule has 1 saturated heterocycles. The van der Waals surface area contributed by atoms with E-state index in [-0.39, 0.29) is 11.5 Å². The van der Waals surface area contributed by atoms with Gasteiger partial charge in [0, 0.05) is 62.9 Å². The summed E-state index contributed by atoms with van der Waals surface area (Å²) in [6.45, 7) is 5.50. The average Bonchev–Trinajstić information content (AvgIpc) is 2.94. The summed E-state index contributed by atoms with van der Waals surface area (Å²) in [7, 11) is 0. The van der Waals surface area contributed by atoms with Crippen LogP contribution in [-0.2, 0) is 24.1 Å². The van der Waals surface area contributed by atoms with Gasteiger partial charge >= 0.3 is 0 Å². The number of carbonyl (C=O) groups is 1. The van der Waals surface area contributed by atoms with Crippen LogP contribution in [0.4, 0.5) is 0 Å². The SMILES string of the molecule is Cc1ccc(C(=O)N2CCc3ccc(=O)n(CC4CCOCC4)c3CC2)cn1. The van der Waals surface area contributed by atoms with Gasteiger partial charge in [-0.25, -0.2) is 0 Å². The second-order valence-corrected chi connectivity index (χ2v) is 7.79. The van der Waals surface area contributed by atoms with Gasteiger partial charge in [0.15, 0.2) is 0 Å². The van der Waals surface area contributed by atoms with Gasteiger partial charge in [-0.2, -0.15) is 0 Å². The van der Waals surface area contributed by atoms with Crippen LogP contribution in [0.25, 0.3) is 0 Å². The summed E-state index contributed by atoms with van der Waals surface area (Å²) < 4.78 is 7.40. The topological polar surface area (TPSA) is 64.4 Å². The summed E-state index contributed by atoms with van der Waals surface area (Å²) in [4.78, 5) is 31.6. The molecule has 6 heteroatoms. The number of nitrogens with zero attached hydrogens (tertiary/aromatic N) is 3. The Bertz CT molecular complexity index is 898. The third-order valence-electron chi connectivity index (χ3n) is 5.89. The van der Waals surface area contributed by atoms with E-state index in [0.29, 0.717) is 31.0 Å². The fourth-order valence-electron chi connectivity index (χ4n) is 4.16. The molecule has 4 rings (SSSR count). The highest BCUT2D eigenvalue weighted by atomic mass is 16.5. The normalized spacial score (nSPS) is 17.8. The lowest BCUT2D eigenvalue weighted by molar-refractivity contribution is 0.0606. The van der Waals surface area contributed by atoms with Gasteiger partial charge in [-0.15, -0.1) is 0 Å². The number of amides is 1. The molecule has 0 N–H and O–H groups in total. The van der Waals surface area contributed by atoms with E-state index in [0.717, 1.165) is 50.4 Å². The Morgan fingerprint density at radius 1 is 1.14 bits per heavy atom. The Morgan fingerprint density at radius 3 is 2.68 bits per heavy atom. The average molecular weight is 381 g/mol. The molecule has 0 aliphatic carbocycles. The molecule has 6 nitrogen and oxygen atoms in total. The highest BCUT2D eigenvalue weighted by Gasteiger charge is 2.23. The molecule has 0 radical (unpaired) electrons. The number of rotatable bonds is 3. The summed E-state index contributed by atoms with van der Waals surface area (Å²) in [5, 5.41) is 0. The molecule has 0 saturated carbocycles. The molecule has 0 unspecified atom stereocenters. The van der Waals surface area contributed by atoms with Crippen LogP contribution < -0.4 is 5.56 Å². The Labute approximate surface area is 165 Å². The zero-order chi connectivity index (χ0) is 19.5. The van der Waals surface area contributed by atoms with E-state index >= 15 is 0 Å². The lowest BCUT2D eigenvalue weighted by atomic mass is 9.99. The predicted molar refractivity (Wildman–Crippen MR) is 107 cm³/mol. The van der Waals surface area contributed by atoms with Gasteiger partial charge in [0.2, 0.25) is 0 Å². The van der Waals surface area contributed by atoms with Crippen molar-refractivity contribution in [2.24, 2.45) is 5.92 Å². The first-order valence-electron chi connectivity index (χ1n) is 10.1. The zero-order valence-corrected chi connectivity index (χ0v) is 16.4. The van der Waals surface area contributed by atoms with Crippen molar-refractivity contribution in [2.45, 2.75) is 39.2 Å². The number of hydrogen-bond donors (Lipinski definition) is 0. The summed E-state index contributed by atoms with van der Waals surface area (Å²) in [5.74, 6) is 0.496. The van der Waals surface area contributed by atoms with Crippen LogP contribution in [0.3, 0.4) is 0 Å². The van der Waals surface area contributed by atoms with E-state index in [4.69, 9.17) is 4.74 Å². The first kappa shape index (κ1) is 18.9. The quantitative estimate of drug-likeness (QED) is 0.818. The van der Waals surface area contributed by atoms with Crippen LogP contribution in [0, 0.1) is 12.8 Å². The van der Waals surface area contributed by atoms with Crippen LogP contribution in [0.2, 0.25) is 0 Å².